The van der Waals surface area contributed by atoms with Gasteiger partial charge in [-0.15, -0.1) is 6.42 Å². The second-order valence-electron chi connectivity index (χ2n) is 4.43. The lowest BCUT2D eigenvalue weighted by Crippen LogP contribution is -2.42. The number of nitrogens with zero attached hydrogens (tertiary/aromatic N) is 1. The highest BCUT2D eigenvalue weighted by Crippen LogP contribution is 2.29. The average molecular weight is 202 g/mol. The summed E-state index contributed by atoms with van der Waals surface area (Å²) in [7, 11) is 0. The molecule has 80 valence electrons. The van der Waals surface area contributed by atoms with Gasteiger partial charge in [0, 0.05) is 18.0 Å². The van der Waals surface area contributed by atoms with Gasteiger partial charge in [-0.3, -0.25) is 5.84 Å². The van der Waals surface area contributed by atoms with Crippen LogP contribution in [0.25, 0.3) is 0 Å². The molecule has 0 spiro atoms. The Morgan fingerprint density at radius 1 is 1.60 bits per heavy atom. The lowest BCUT2D eigenvalue weighted by Gasteiger charge is -2.26. The fourth-order valence-corrected chi connectivity index (χ4v) is 1.93. The third kappa shape index (κ3) is 2.31. The molecule has 0 aliphatic heterocycles. The maximum Gasteiger partial charge on any atom is 0.0462 e. The Balaban J connectivity index is 1.97. The van der Waals surface area contributed by atoms with E-state index in [1.165, 1.54) is 18.4 Å². The van der Waals surface area contributed by atoms with Gasteiger partial charge in [0.15, 0.2) is 0 Å². The Bertz CT molecular complexity index is 331. The van der Waals surface area contributed by atoms with Gasteiger partial charge in [0.1, 0.15) is 0 Å². The molecule has 1 saturated carbocycles. The van der Waals surface area contributed by atoms with Crippen molar-refractivity contribution in [3.63, 3.8) is 0 Å². The van der Waals surface area contributed by atoms with Crippen LogP contribution in [0.3, 0.4) is 0 Å². The van der Waals surface area contributed by atoms with Crippen molar-refractivity contribution in [1.29, 1.82) is 0 Å². The number of hydrazine groups is 1. The van der Waals surface area contributed by atoms with Crippen molar-refractivity contribution in [1.82, 2.24) is 5.01 Å². The molecule has 0 amide bonds. The molecular formula is C13H18N2. The van der Waals surface area contributed by atoms with Crippen molar-refractivity contribution in [3.8, 4) is 12.3 Å². The number of hydrogen-bond donors (Lipinski definition) is 1. The van der Waals surface area contributed by atoms with E-state index >= 15 is 0 Å². The highest BCUT2D eigenvalue weighted by atomic mass is 15.4. The van der Waals surface area contributed by atoms with Crippen LogP contribution in [-0.2, 0) is 0 Å². The minimum absolute atomic E-state index is 0.271. The first-order valence-electron chi connectivity index (χ1n) is 5.59. The molecule has 0 aromatic heterocycles. The van der Waals surface area contributed by atoms with E-state index in [9.17, 15) is 0 Å². The average Bonchev–Trinajstić information content (AvgIpc) is 3.11. The first-order chi connectivity index (χ1) is 7.22. The van der Waals surface area contributed by atoms with E-state index in [2.05, 4.69) is 31.1 Å². The quantitative estimate of drug-likeness (QED) is 0.430. The van der Waals surface area contributed by atoms with E-state index in [4.69, 9.17) is 12.3 Å². The molecule has 2 unspecified atom stereocenters. The molecule has 2 N–H and O–H groups in total. The largest absolute Gasteiger partial charge is 0.268 e. The van der Waals surface area contributed by atoms with Gasteiger partial charge in [0.05, 0.1) is 0 Å². The Kier molecular flexibility index (Phi) is 2.95. The Hall–Kier alpha value is -1.04. The Morgan fingerprint density at radius 3 is 2.80 bits per heavy atom. The zero-order valence-corrected chi connectivity index (χ0v) is 9.19. The summed E-state index contributed by atoms with van der Waals surface area (Å²) >= 11 is 0. The normalized spacial score (nSPS) is 27.3. The van der Waals surface area contributed by atoms with E-state index in [1.54, 1.807) is 0 Å². The molecule has 0 radical (unpaired) electrons. The number of allylic oxidation sites excluding steroid dienone is 2. The van der Waals surface area contributed by atoms with Gasteiger partial charge < -0.3 is 0 Å². The second kappa shape index (κ2) is 4.22. The van der Waals surface area contributed by atoms with Crippen LogP contribution in [-0.4, -0.2) is 17.1 Å². The summed E-state index contributed by atoms with van der Waals surface area (Å²) in [5.74, 6) is 9.06. The third-order valence-electron chi connectivity index (χ3n) is 3.24. The van der Waals surface area contributed by atoms with Gasteiger partial charge >= 0.3 is 0 Å². The molecule has 0 bridgehead atoms. The van der Waals surface area contributed by atoms with Crippen molar-refractivity contribution >= 4 is 0 Å². The van der Waals surface area contributed by atoms with Crippen LogP contribution < -0.4 is 5.84 Å². The van der Waals surface area contributed by atoms with Crippen LogP contribution in [0.1, 0.15) is 26.2 Å². The molecule has 2 nitrogen and oxygen atoms in total. The van der Waals surface area contributed by atoms with Crippen molar-refractivity contribution in [2.24, 2.45) is 11.8 Å². The van der Waals surface area contributed by atoms with Crippen LogP contribution in [0.4, 0.5) is 0 Å². The van der Waals surface area contributed by atoms with Crippen LogP contribution in [0.2, 0.25) is 0 Å². The van der Waals surface area contributed by atoms with Gasteiger partial charge in [-0.25, -0.2) is 5.01 Å². The van der Waals surface area contributed by atoms with E-state index in [-0.39, 0.29) is 5.92 Å². The van der Waals surface area contributed by atoms with Crippen molar-refractivity contribution < 1.29 is 0 Å². The smallest absolute Gasteiger partial charge is 0.0462 e. The summed E-state index contributed by atoms with van der Waals surface area (Å²) in [6.07, 6.45) is 15.3. The molecule has 0 aromatic carbocycles. The molecule has 0 aromatic rings. The van der Waals surface area contributed by atoms with Gasteiger partial charge in [-0.2, -0.15) is 0 Å². The van der Waals surface area contributed by atoms with Crippen LogP contribution in [0.15, 0.2) is 23.8 Å². The number of terminal acetylenes is 1. The zero-order valence-electron chi connectivity index (χ0n) is 9.19. The zero-order chi connectivity index (χ0) is 10.8. The van der Waals surface area contributed by atoms with Gasteiger partial charge in [0.25, 0.3) is 0 Å². The van der Waals surface area contributed by atoms with Gasteiger partial charge in [0.2, 0.25) is 0 Å². The molecule has 2 rings (SSSR count). The topological polar surface area (TPSA) is 29.3 Å². The summed E-state index contributed by atoms with van der Waals surface area (Å²) in [6, 6.07) is 0.909. The molecular weight excluding hydrogens is 184 g/mol. The molecule has 0 saturated heterocycles. The van der Waals surface area contributed by atoms with Crippen molar-refractivity contribution in [2.75, 3.05) is 0 Å². The number of rotatable bonds is 3. The molecule has 2 heteroatoms. The SMILES string of the molecule is C#CC1C=CC(C(C)N(N)C2CC2)=CC1. The fraction of sp³-hybridized carbons (Fsp3) is 0.538. The third-order valence-corrected chi connectivity index (χ3v) is 3.24. The minimum atomic E-state index is 0.271. The van der Waals surface area contributed by atoms with Crippen LogP contribution in [0, 0.1) is 18.3 Å². The molecule has 15 heavy (non-hydrogen) atoms. The molecule has 2 atom stereocenters. The fourth-order valence-electron chi connectivity index (χ4n) is 1.93. The van der Waals surface area contributed by atoms with Crippen LogP contribution >= 0.6 is 0 Å². The van der Waals surface area contributed by atoms with Crippen LogP contribution in [0.5, 0.6) is 0 Å². The summed E-state index contributed by atoms with van der Waals surface area (Å²) in [6.45, 7) is 2.16. The summed E-state index contributed by atoms with van der Waals surface area (Å²) in [4.78, 5) is 0. The first-order valence-corrected chi connectivity index (χ1v) is 5.59. The second-order valence-corrected chi connectivity index (χ2v) is 4.43. The molecule has 2 aliphatic rings. The standard InChI is InChI=1S/C13H18N2/c1-3-11-4-6-12(7-5-11)10(2)15(14)13-8-9-13/h1,4,6-7,10-11,13H,5,8-9,14H2,2H3. The maximum absolute atomic E-state index is 6.04. The predicted octanol–water partition coefficient (Wildman–Crippen LogP) is 1.85. The van der Waals surface area contributed by atoms with E-state index in [0.29, 0.717) is 12.1 Å². The monoisotopic (exact) mass is 202 g/mol. The van der Waals surface area contributed by atoms with Crippen molar-refractivity contribution in [2.45, 2.75) is 38.3 Å². The Labute approximate surface area is 91.8 Å². The number of nitrogens with two attached hydrogens (primary N) is 1. The molecule has 2 aliphatic carbocycles. The number of hydrogen-bond acceptors (Lipinski definition) is 2. The summed E-state index contributed by atoms with van der Waals surface area (Å²) < 4.78 is 0. The van der Waals surface area contributed by atoms with Gasteiger partial charge in [-0.05, 0) is 31.8 Å². The highest BCUT2D eigenvalue weighted by molar-refractivity contribution is 5.31. The van der Waals surface area contributed by atoms with E-state index < -0.39 is 0 Å². The Morgan fingerprint density at radius 2 is 2.33 bits per heavy atom. The van der Waals surface area contributed by atoms with E-state index in [1.807, 2.05) is 5.01 Å². The minimum Gasteiger partial charge on any atom is -0.268 e. The van der Waals surface area contributed by atoms with Gasteiger partial charge in [-0.1, -0.05) is 24.1 Å². The maximum atomic E-state index is 6.04. The lowest BCUT2D eigenvalue weighted by molar-refractivity contribution is 0.231. The molecule has 0 heterocycles. The van der Waals surface area contributed by atoms with E-state index in [0.717, 1.165) is 6.42 Å². The van der Waals surface area contributed by atoms with Crippen molar-refractivity contribution in [3.05, 3.63) is 23.8 Å². The predicted molar refractivity (Wildman–Crippen MR) is 62.7 cm³/mol. The highest BCUT2D eigenvalue weighted by Gasteiger charge is 2.31. The summed E-state index contributed by atoms with van der Waals surface area (Å²) in [5.41, 5.74) is 1.30. The first kappa shape index (κ1) is 10.5. The lowest BCUT2D eigenvalue weighted by atomic mass is 9.94. The molecule has 1 fully saturated rings. The summed E-state index contributed by atoms with van der Waals surface area (Å²) in [5, 5.41) is 1.98.